The Bertz CT molecular complexity index is 1140. The van der Waals surface area contributed by atoms with Gasteiger partial charge in [0.05, 0.1) is 24.1 Å². The fourth-order valence-corrected chi connectivity index (χ4v) is 3.88. The van der Waals surface area contributed by atoms with E-state index in [0.29, 0.717) is 37.6 Å². The minimum Gasteiger partial charge on any atom is -0.462 e. The van der Waals surface area contributed by atoms with Crippen molar-refractivity contribution in [2.75, 3.05) is 37.7 Å². The monoisotopic (exact) mass is 409 g/mol. The van der Waals surface area contributed by atoms with Gasteiger partial charge in [-0.1, -0.05) is 18.2 Å². The first-order chi connectivity index (χ1) is 14.5. The molecule has 4 rings (SSSR count). The number of rotatable bonds is 4. The van der Waals surface area contributed by atoms with Gasteiger partial charge >= 0.3 is 5.97 Å². The van der Waals surface area contributed by atoms with Crippen LogP contribution in [0.2, 0.25) is 0 Å². The summed E-state index contributed by atoms with van der Waals surface area (Å²) in [5.74, 6) is -0.498. The van der Waals surface area contributed by atoms with Crippen molar-refractivity contribution in [2.45, 2.75) is 6.92 Å². The molecule has 1 fully saturated rings. The lowest BCUT2D eigenvalue weighted by atomic mass is 10.1. The van der Waals surface area contributed by atoms with Crippen LogP contribution in [0.1, 0.15) is 27.8 Å². The fraction of sp³-hybridized carbons (Fsp3) is 0.318. The molecule has 0 atom stereocenters. The van der Waals surface area contributed by atoms with Gasteiger partial charge in [-0.25, -0.2) is 4.79 Å². The van der Waals surface area contributed by atoms with Crippen molar-refractivity contribution in [1.82, 2.24) is 9.47 Å². The summed E-state index contributed by atoms with van der Waals surface area (Å²) in [6.07, 6.45) is 1.47. The summed E-state index contributed by atoms with van der Waals surface area (Å²) in [5.41, 5.74) is 0.942. The normalized spacial score (nSPS) is 14.2. The maximum Gasteiger partial charge on any atom is 0.345 e. The number of amides is 1. The minimum absolute atomic E-state index is 0.0314. The van der Waals surface area contributed by atoms with Gasteiger partial charge in [0.15, 0.2) is 5.76 Å². The third-order valence-electron chi connectivity index (χ3n) is 5.37. The highest BCUT2D eigenvalue weighted by Crippen LogP contribution is 2.30. The van der Waals surface area contributed by atoms with Crippen LogP contribution in [-0.2, 0) is 11.8 Å². The molecule has 3 heterocycles. The smallest absolute Gasteiger partial charge is 0.345 e. The summed E-state index contributed by atoms with van der Waals surface area (Å²) in [6.45, 7) is 3.75. The number of para-hydroxylation sites is 1. The number of piperazine rings is 1. The van der Waals surface area contributed by atoms with E-state index in [1.807, 2.05) is 29.2 Å². The number of aryl methyl sites for hydroxylation is 1. The topological polar surface area (TPSA) is 85.0 Å². The minimum atomic E-state index is -0.632. The van der Waals surface area contributed by atoms with E-state index in [1.165, 1.54) is 10.8 Å². The van der Waals surface area contributed by atoms with Gasteiger partial charge in [0.25, 0.3) is 11.5 Å². The first-order valence-electron chi connectivity index (χ1n) is 9.89. The molecule has 1 aliphatic rings. The van der Waals surface area contributed by atoms with Gasteiger partial charge in [-0.2, -0.15) is 0 Å². The number of fused-ring (bicyclic) bond motifs is 1. The van der Waals surface area contributed by atoms with Gasteiger partial charge in [-0.05, 0) is 25.1 Å². The van der Waals surface area contributed by atoms with Gasteiger partial charge in [0.1, 0.15) is 5.56 Å². The Balaban J connectivity index is 1.72. The van der Waals surface area contributed by atoms with Crippen LogP contribution >= 0.6 is 0 Å². The Morgan fingerprint density at radius 1 is 1.07 bits per heavy atom. The van der Waals surface area contributed by atoms with Crippen molar-refractivity contribution >= 4 is 28.5 Å². The summed E-state index contributed by atoms with van der Waals surface area (Å²) in [6, 6.07) is 10.8. The largest absolute Gasteiger partial charge is 0.462 e. The molecule has 0 radical (unpaired) electrons. The Hall–Kier alpha value is -3.55. The van der Waals surface area contributed by atoms with Crippen molar-refractivity contribution in [3.63, 3.8) is 0 Å². The fourth-order valence-electron chi connectivity index (χ4n) is 3.88. The van der Waals surface area contributed by atoms with Gasteiger partial charge in [-0.15, -0.1) is 0 Å². The third-order valence-corrected chi connectivity index (χ3v) is 5.37. The number of hydrogen-bond donors (Lipinski definition) is 0. The van der Waals surface area contributed by atoms with Crippen LogP contribution in [-0.4, -0.2) is 54.1 Å². The van der Waals surface area contributed by atoms with E-state index in [1.54, 1.807) is 31.0 Å². The lowest BCUT2D eigenvalue weighted by Gasteiger charge is -2.37. The van der Waals surface area contributed by atoms with Gasteiger partial charge < -0.3 is 23.5 Å². The number of ether oxygens (including phenoxy) is 1. The number of carbonyl (C=O) groups excluding carboxylic acids is 2. The summed E-state index contributed by atoms with van der Waals surface area (Å²) >= 11 is 0. The van der Waals surface area contributed by atoms with Crippen molar-refractivity contribution < 1.29 is 18.7 Å². The van der Waals surface area contributed by atoms with Crippen LogP contribution in [0.5, 0.6) is 0 Å². The predicted molar refractivity (Wildman–Crippen MR) is 112 cm³/mol. The van der Waals surface area contributed by atoms with Crippen LogP contribution in [0.25, 0.3) is 10.9 Å². The van der Waals surface area contributed by atoms with Crippen molar-refractivity contribution in [3.8, 4) is 0 Å². The van der Waals surface area contributed by atoms with E-state index < -0.39 is 11.5 Å². The first-order valence-corrected chi connectivity index (χ1v) is 9.89. The Morgan fingerprint density at radius 3 is 2.47 bits per heavy atom. The molecule has 0 bridgehead atoms. The molecule has 1 aliphatic heterocycles. The lowest BCUT2D eigenvalue weighted by molar-refractivity contribution is 0.0523. The second-order valence-corrected chi connectivity index (χ2v) is 7.08. The zero-order chi connectivity index (χ0) is 21.3. The molecule has 0 saturated carbocycles. The van der Waals surface area contributed by atoms with E-state index in [9.17, 15) is 14.4 Å². The van der Waals surface area contributed by atoms with Gasteiger partial charge in [-0.3, -0.25) is 9.59 Å². The number of esters is 1. The molecule has 8 nitrogen and oxygen atoms in total. The number of aromatic nitrogens is 1. The van der Waals surface area contributed by atoms with Crippen LogP contribution in [0.15, 0.2) is 51.9 Å². The van der Waals surface area contributed by atoms with Gasteiger partial charge in [0, 0.05) is 38.6 Å². The van der Waals surface area contributed by atoms with Crippen LogP contribution in [0.3, 0.4) is 0 Å². The van der Waals surface area contributed by atoms with Crippen LogP contribution < -0.4 is 10.5 Å². The summed E-state index contributed by atoms with van der Waals surface area (Å²) in [5, 5.41) is 0.800. The van der Waals surface area contributed by atoms with Crippen molar-refractivity contribution in [3.05, 3.63) is 64.3 Å². The maximum absolute atomic E-state index is 13.0. The third kappa shape index (κ3) is 3.34. The highest BCUT2D eigenvalue weighted by molar-refractivity contribution is 6.05. The molecule has 1 saturated heterocycles. The zero-order valence-electron chi connectivity index (χ0n) is 17.0. The molecule has 156 valence electrons. The number of anilines is 1. The summed E-state index contributed by atoms with van der Waals surface area (Å²) in [4.78, 5) is 42.0. The van der Waals surface area contributed by atoms with Crippen molar-refractivity contribution in [2.24, 2.45) is 7.05 Å². The zero-order valence-corrected chi connectivity index (χ0v) is 17.0. The highest BCUT2D eigenvalue weighted by atomic mass is 16.5. The first kappa shape index (κ1) is 19.8. The van der Waals surface area contributed by atoms with E-state index >= 15 is 0 Å². The van der Waals surface area contributed by atoms with Crippen LogP contribution in [0.4, 0.5) is 5.69 Å². The molecule has 0 N–H and O–H groups in total. The quantitative estimate of drug-likeness (QED) is 0.615. The predicted octanol–water partition coefficient (Wildman–Crippen LogP) is 2.27. The number of pyridine rings is 1. The SMILES string of the molecule is CCOC(=O)c1c(N2CCN(C(=O)c3ccco3)CC2)c2ccccc2n(C)c1=O. The van der Waals surface area contributed by atoms with Crippen LogP contribution in [0, 0.1) is 0 Å². The molecule has 1 aromatic carbocycles. The number of hydrogen-bond acceptors (Lipinski definition) is 6. The van der Waals surface area contributed by atoms with E-state index in [0.717, 1.165) is 10.9 Å². The molecular weight excluding hydrogens is 386 g/mol. The van der Waals surface area contributed by atoms with Crippen molar-refractivity contribution in [1.29, 1.82) is 0 Å². The van der Waals surface area contributed by atoms with Gasteiger partial charge in [0.2, 0.25) is 0 Å². The van der Waals surface area contributed by atoms with E-state index in [-0.39, 0.29) is 18.1 Å². The summed E-state index contributed by atoms with van der Waals surface area (Å²) in [7, 11) is 1.65. The van der Waals surface area contributed by atoms with E-state index in [2.05, 4.69) is 0 Å². The summed E-state index contributed by atoms with van der Waals surface area (Å²) < 4.78 is 11.9. The average Bonchev–Trinajstić information content (AvgIpc) is 3.31. The second-order valence-electron chi connectivity index (χ2n) is 7.08. The molecule has 2 aromatic heterocycles. The number of nitrogens with zero attached hydrogens (tertiary/aromatic N) is 3. The Morgan fingerprint density at radius 2 is 1.80 bits per heavy atom. The van der Waals surface area contributed by atoms with E-state index in [4.69, 9.17) is 9.15 Å². The lowest BCUT2D eigenvalue weighted by Crippen LogP contribution is -2.49. The number of benzene rings is 1. The molecular formula is C22H23N3O5. The highest BCUT2D eigenvalue weighted by Gasteiger charge is 2.30. The number of furan rings is 1. The Kier molecular flexibility index (Phi) is 5.31. The molecule has 0 spiro atoms. The standard InChI is InChI=1S/C22H23N3O5/c1-3-29-22(28)18-19(15-7-4-5-8-16(15)23(2)21(18)27)24-10-12-25(13-11-24)20(26)17-9-6-14-30-17/h4-9,14H,3,10-13H2,1-2H3. The Labute approximate surface area is 173 Å². The molecule has 0 aliphatic carbocycles. The maximum atomic E-state index is 13.0. The molecule has 0 unspecified atom stereocenters. The molecule has 8 heteroatoms. The molecule has 30 heavy (non-hydrogen) atoms. The molecule has 1 amide bonds. The number of carbonyl (C=O) groups is 2. The average molecular weight is 409 g/mol. The second kappa shape index (κ2) is 8.06. The molecule has 3 aromatic rings.